The number of hydrogen-bond donors (Lipinski definition) is 0. The average Bonchev–Trinajstić information content (AvgIpc) is 2.72. The third-order valence-corrected chi connectivity index (χ3v) is 3.18. The summed E-state index contributed by atoms with van der Waals surface area (Å²) in [7, 11) is 0. The maximum Gasteiger partial charge on any atom is 0.314 e. The highest BCUT2D eigenvalue weighted by molar-refractivity contribution is 9.11. The average molecular weight is 293 g/mol. The smallest absolute Gasteiger partial charge is 0.314 e. The second-order valence-electron chi connectivity index (χ2n) is 3.95. The molecule has 0 spiro atoms. The van der Waals surface area contributed by atoms with Crippen LogP contribution in [-0.4, -0.2) is 5.97 Å². The predicted octanol–water partition coefficient (Wildman–Crippen LogP) is 3.89. The molecule has 1 unspecified atom stereocenters. The summed E-state index contributed by atoms with van der Waals surface area (Å²) in [6, 6.07) is 10.0. The SMILES string of the molecule is O=C1OC(=CBr)CC1C/C=C/c1ccccc1. The van der Waals surface area contributed by atoms with Crippen molar-refractivity contribution in [2.75, 3.05) is 0 Å². The van der Waals surface area contributed by atoms with Crippen molar-refractivity contribution in [3.63, 3.8) is 0 Å². The van der Waals surface area contributed by atoms with E-state index in [2.05, 4.69) is 15.9 Å². The van der Waals surface area contributed by atoms with Gasteiger partial charge in [-0.2, -0.15) is 0 Å². The van der Waals surface area contributed by atoms with Gasteiger partial charge in [0.25, 0.3) is 0 Å². The third-order valence-electron chi connectivity index (χ3n) is 2.66. The van der Waals surface area contributed by atoms with Crippen LogP contribution in [0, 0.1) is 5.92 Å². The largest absolute Gasteiger partial charge is 0.430 e. The fourth-order valence-corrected chi connectivity index (χ4v) is 2.04. The van der Waals surface area contributed by atoms with E-state index < -0.39 is 0 Å². The van der Waals surface area contributed by atoms with Gasteiger partial charge in [-0.3, -0.25) is 4.79 Å². The molecule has 2 nitrogen and oxygen atoms in total. The van der Waals surface area contributed by atoms with Crippen LogP contribution in [0.2, 0.25) is 0 Å². The van der Waals surface area contributed by atoms with E-state index in [0.717, 1.165) is 12.0 Å². The van der Waals surface area contributed by atoms with E-state index in [1.165, 1.54) is 0 Å². The fourth-order valence-electron chi connectivity index (χ4n) is 1.76. The molecule has 0 N–H and O–H groups in total. The van der Waals surface area contributed by atoms with Crippen LogP contribution in [0.3, 0.4) is 0 Å². The summed E-state index contributed by atoms with van der Waals surface area (Å²) in [4.78, 5) is 13.1. The summed E-state index contributed by atoms with van der Waals surface area (Å²) in [5.41, 5.74) is 1.15. The van der Waals surface area contributed by atoms with E-state index in [-0.39, 0.29) is 11.9 Å². The van der Waals surface area contributed by atoms with E-state index in [0.29, 0.717) is 12.2 Å². The highest BCUT2D eigenvalue weighted by atomic mass is 79.9. The lowest BCUT2D eigenvalue weighted by atomic mass is 10.0. The Morgan fingerprint density at radius 1 is 1.35 bits per heavy atom. The Balaban J connectivity index is 1.91. The van der Waals surface area contributed by atoms with Gasteiger partial charge < -0.3 is 4.74 Å². The molecule has 1 aromatic rings. The van der Waals surface area contributed by atoms with Gasteiger partial charge in [0.2, 0.25) is 0 Å². The molecule has 1 heterocycles. The van der Waals surface area contributed by atoms with Crippen molar-refractivity contribution in [2.24, 2.45) is 5.92 Å². The van der Waals surface area contributed by atoms with E-state index in [1.54, 1.807) is 4.99 Å². The number of esters is 1. The zero-order valence-electron chi connectivity index (χ0n) is 9.30. The van der Waals surface area contributed by atoms with Crippen molar-refractivity contribution in [3.8, 4) is 0 Å². The number of benzene rings is 1. The molecule has 1 atom stereocenters. The van der Waals surface area contributed by atoms with Crippen LogP contribution in [0.4, 0.5) is 0 Å². The van der Waals surface area contributed by atoms with E-state index in [9.17, 15) is 4.79 Å². The van der Waals surface area contributed by atoms with E-state index in [1.807, 2.05) is 42.5 Å². The number of halogens is 1. The molecular weight excluding hydrogens is 280 g/mol. The normalized spacial score (nSPS) is 22.3. The summed E-state index contributed by atoms with van der Waals surface area (Å²) >= 11 is 3.18. The van der Waals surface area contributed by atoms with Gasteiger partial charge in [-0.25, -0.2) is 0 Å². The number of hydrogen-bond acceptors (Lipinski definition) is 2. The Bertz CT molecular complexity index is 449. The number of cyclic esters (lactones) is 1. The molecular formula is C14H13BrO2. The Kier molecular flexibility index (Phi) is 4.15. The Labute approximate surface area is 109 Å². The zero-order chi connectivity index (χ0) is 12.1. The van der Waals surface area contributed by atoms with Crippen molar-refractivity contribution < 1.29 is 9.53 Å². The third kappa shape index (κ3) is 3.30. The lowest BCUT2D eigenvalue weighted by Crippen LogP contribution is -2.05. The van der Waals surface area contributed by atoms with Gasteiger partial charge in [0, 0.05) is 11.4 Å². The lowest BCUT2D eigenvalue weighted by Gasteiger charge is -1.98. The lowest BCUT2D eigenvalue weighted by molar-refractivity contribution is -0.138. The Morgan fingerprint density at radius 3 is 2.76 bits per heavy atom. The number of carbonyl (C=O) groups excluding carboxylic acids is 1. The zero-order valence-corrected chi connectivity index (χ0v) is 10.9. The first-order valence-electron chi connectivity index (χ1n) is 5.52. The highest BCUT2D eigenvalue weighted by Crippen LogP contribution is 2.28. The Hall–Kier alpha value is -1.35. The molecule has 1 aromatic carbocycles. The minimum atomic E-state index is -0.131. The predicted molar refractivity (Wildman–Crippen MR) is 71.3 cm³/mol. The molecule has 1 saturated heterocycles. The van der Waals surface area contributed by atoms with Crippen LogP contribution in [0.15, 0.2) is 47.2 Å². The summed E-state index contributed by atoms with van der Waals surface area (Å²) in [6.45, 7) is 0. The van der Waals surface area contributed by atoms with Crippen LogP contribution in [0.25, 0.3) is 6.08 Å². The van der Waals surface area contributed by atoms with Gasteiger partial charge in [0.15, 0.2) is 0 Å². The minimum absolute atomic E-state index is 0.0428. The summed E-state index contributed by atoms with van der Waals surface area (Å²) < 4.78 is 5.07. The fraction of sp³-hybridized carbons (Fsp3) is 0.214. The van der Waals surface area contributed by atoms with Crippen molar-refractivity contribution >= 4 is 28.0 Å². The van der Waals surface area contributed by atoms with Crippen LogP contribution in [-0.2, 0) is 9.53 Å². The van der Waals surface area contributed by atoms with Crippen molar-refractivity contribution in [1.82, 2.24) is 0 Å². The number of allylic oxidation sites excluding steroid dienone is 2. The van der Waals surface area contributed by atoms with E-state index in [4.69, 9.17) is 4.74 Å². The summed E-state index contributed by atoms with van der Waals surface area (Å²) in [5, 5.41) is 0. The van der Waals surface area contributed by atoms with E-state index >= 15 is 0 Å². The molecule has 1 aliphatic heterocycles. The van der Waals surface area contributed by atoms with Crippen LogP contribution in [0.5, 0.6) is 0 Å². The maximum atomic E-state index is 11.5. The van der Waals surface area contributed by atoms with Crippen LogP contribution < -0.4 is 0 Å². The molecule has 0 amide bonds. The molecule has 0 aromatic heterocycles. The van der Waals surface area contributed by atoms with Crippen molar-refractivity contribution in [2.45, 2.75) is 12.8 Å². The molecule has 17 heavy (non-hydrogen) atoms. The first-order valence-corrected chi connectivity index (χ1v) is 6.43. The maximum absolute atomic E-state index is 11.5. The number of ether oxygens (including phenoxy) is 1. The molecule has 0 saturated carbocycles. The van der Waals surface area contributed by atoms with Gasteiger partial charge in [-0.1, -0.05) is 58.4 Å². The van der Waals surface area contributed by atoms with Crippen LogP contribution in [0.1, 0.15) is 18.4 Å². The first kappa shape index (κ1) is 12.1. The molecule has 2 rings (SSSR count). The van der Waals surface area contributed by atoms with Gasteiger partial charge in [0.1, 0.15) is 5.76 Å². The topological polar surface area (TPSA) is 26.3 Å². The molecule has 88 valence electrons. The molecule has 1 fully saturated rings. The standard InChI is InChI=1S/C14H13BrO2/c15-10-13-9-12(14(16)17-13)8-4-7-11-5-2-1-3-6-11/h1-7,10,12H,8-9H2/b7-4+,13-10?. The quantitative estimate of drug-likeness (QED) is 0.790. The first-order chi connectivity index (χ1) is 8.29. The van der Waals surface area contributed by atoms with Gasteiger partial charge >= 0.3 is 5.97 Å². The minimum Gasteiger partial charge on any atom is -0.430 e. The monoisotopic (exact) mass is 292 g/mol. The second-order valence-corrected chi connectivity index (χ2v) is 4.40. The number of rotatable bonds is 3. The Morgan fingerprint density at radius 2 is 2.12 bits per heavy atom. The molecule has 0 bridgehead atoms. The van der Waals surface area contributed by atoms with Gasteiger partial charge in [0.05, 0.1) is 5.92 Å². The van der Waals surface area contributed by atoms with Crippen molar-refractivity contribution in [3.05, 3.63) is 52.7 Å². The van der Waals surface area contributed by atoms with Crippen LogP contribution >= 0.6 is 15.9 Å². The molecule has 0 radical (unpaired) electrons. The summed E-state index contributed by atoms with van der Waals surface area (Å²) in [5.74, 6) is 0.542. The number of carbonyl (C=O) groups is 1. The molecule has 3 heteroatoms. The molecule has 1 aliphatic rings. The summed E-state index contributed by atoms with van der Waals surface area (Å²) in [6.07, 6.45) is 5.46. The molecule has 0 aliphatic carbocycles. The second kappa shape index (κ2) is 5.82. The highest BCUT2D eigenvalue weighted by Gasteiger charge is 2.29. The van der Waals surface area contributed by atoms with Crippen molar-refractivity contribution in [1.29, 1.82) is 0 Å². The van der Waals surface area contributed by atoms with Gasteiger partial charge in [-0.15, -0.1) is 0 Å². The van der Waals surface area contributed by atoms with Gasteiger partial charge in [-0.05, 0) is 12.0 Å².